The fourth-order valence-electron chi connectivity index (χ4n) is 2.05. The first-order valence-corrected chi connectivity index (χ1v) is 5.92. The van der Waals surface area contributed by atoms with Crippen LogP contribution in [0.4, 0.5) is 0 Å². The summed E-state index contributed by atoms with van der Waals surface area (Å²) in [7, 11) is 0. The lowest BCUT2D eigenvalue weighted by Crippen LogP contribution is -2.40. The summed E-state index contributed by atoms with van der Waals surface area (Å²) in [5.41, 5.74) is 0. The highest BCUT2D eigenvalue weighted by atomic mass is 14.9. The van der Waals surface area contributed by atoms with Crippen molar-refractivity contribution in [2.24, 2.45) is 11.8 Å². The average Bonchev–Trinajstić information content (AvgIpc) is 1.99. The van der Waals surface area contributed by atoms with E-state index in [-0.39, 0.29) is 0 Å². The van der Waals surface area contributed by atoms with Crippen molar-refractivity contribution < 1.29 is 0 Å². The molecular formula is C12H25N. The predicted molar refractivity (Wildman–Crippen MR) is 58.9 cm³/mol. The van der Waals surface area contributed by atoms with Gasteiger partial charge in [-0.25, -0.2) is 0 Å². The predicted octanol–water partition coefficient (Wildman–Crippen LogP) is 3.20. The van der Waals surface area contributed by atoms with E-state index in [1.807, 2.05) is 0 Å². The molecule has 1 nitrogen and oxygen atoms in total. The zero-order valence-corrected chi connectivity index (χ0v) is 9.47. The van der Waals surface area contributed by atoms with E-state index >= 15 is 0 Å². The molecule has 0 aromatic carbocycles. The first-order chi connectivity index (χ1) is 6.18. The van der Waals surface area contributed by atoms with Crippen molar-refractivity contribution in [1.29, 1.82) is 0 Å². The Kier molecular flexibility index (Phi) is 4.79. The van der Waals surface area contributed by atoms with Gasteiger partial charge in [0, 0.05) is 6.04 Å². The molecule has 1 fully saturated rings. The molecule has 0 atom stereocenters. The summed E-state index contributed by atoms with van der Waals surface area (Å²) in [5.74, 6) is 1.86. The van der Waals surface area contributed by atoms with Crippen LogP contribution in [0.5, 0.6) is 0 Å². The normalized spacial score (nSPS) is 27.7. The van der Waals surface area contributed by atoms with Gasteiger partial charge in [0.1, 0.15) is 0 Å². The Bertz CT molecular complexity index is 125. The van der Waals surface area contributed by atoms with Crippen LogP contribution in [0.2, 0.25) is 0 Å². The molecule has 1 saturated carbocycles. The van der Waals surface area contributed by atoms with E-state index in [1.165, 1.54) is 38.6 Å². The summed E-state index contributed by atoms with van der Waals surface area (Å²) < 4.78 is 0. The molecule has 0 unspecified atom stereocenters. The van der Waals surface area contributed by atoms with E-state index in [1.54, 1.807) is 0 Å². The highest BCUT2D eigenvalue weighted by Crippen LogP contribution is 2.26. The molecule has 0 aliphatic heterocycles. The Hall–Kier alpha value is -0.0400. The average molecular weight is 183 g/mol. The van der Waals surface area contributed by atoms with Crippen LogP contribution in [0.15, 0.2) is 0 Å². The van der Waals surface area contributed by atoms with Gasteiger partial charge in [0.05, 0.1) is 0 Å². The third-order valence-electron chi connectivity index (χ3n) is 3.02. The van der Waals surface area contributed by atoms with Gasteiger partial charge < -0.3 is 5.32 Å². The van der Waals surface area contributed by atoms with Crippen LogP contribution in [0, 0.1) is 11.8 Å². The van der Waals surface area contributed by atoms with Gasteiger partial charge >= 0.3 is 0 Å². The summed E-state index contributed by atoms with van der Waals surface area (Å²) in [5, 5.41) is 3.62. The topological polar surface area (TPSA) is 12.0 Å². The van der Waals surface area contributed by atoms with Crippen molar-refractivity contribution in [2.45, 2.75) is 58.9 Å². The van der Waals surface area contributed by atoms with Crippen molar-refractivity contribution in [2.75, 3.05) is 6.54 Å². The minimum absolute atomic E-state index is 0.856. The monoisotopic (exact) mass is 183 g/mol. The summed E-state index contributed by atoms with van der Waals surface area (Å²) in [6.45, 7) is 8.20. The van der Waals surface area contributed by atoms with Crippen molar-refractivity contribution in [3.63, 3.8) is 0 Å². The van der Waals surface area contributed by atoms with Gasteiger partial charge in [-0.1, -0.05) is 33.6 Å². The zero-order chi connectivity index (χ0) is 9.68. The number of hydrogen-bond acceptors (Lipinski definition) is 1. The summed E-state index contributed by atoms with van der Waals surface area (Å²) in [6.07, 6.45) is 6.97. The van der Waals surface area contributed by atoms with Gasteiger partial charge in [0.25, 0.3) is 0 Å². The highest BCUT2D eigenvalue weighted by molar-refractivity contribution is 4.81. The Morgan fingerprint density at radius 2 is 1.92 bits per heavy atom. The molecule has 0 aromatic rings. The fourth-order valence-corrected chi connectivity index (χ4v) is 2.05. The van der Waals surface area contributed by atoms with Crippen LogP contribution in [-0.2, 0) is 0 Å². The Morgan fingerprint density at radius 3 is 2.46 bits per heavy atom. The maximum Gasteiger partial charge on any atom is 0.00721 e. The van der Waals surface area contributed by atoms with E-state index in [0.717, 1.165) is 17.9 Å². The lowest BCUT2D eigenvalue weighted by molar-refractivity contribution is 0.241. The van der Waals surface area contributed by atoms with E-state index in [9.17, 15) is 0 Å². The Labute approximate surface area is 83.3 Å². The minimum atomic E-state index is 0.856. The second kappa shape index (κ2) is 5.64. The minimum Gasteiger partial charge on any atom is -0.314 e. The van der Waals surface area contributed by atoms with Crippen LogP contribution < -0.4 is 5.32 Å². The van der Waals surface area contributed by atoms with E-state index < -0.39 is 0 Å². The Morgan fingerprint density at radius 1 is 1.23 bits per heavy atom. The molecule has 0 aromatic heterocycles. The van der Waals surface area contributed by atoms with Gasteiger partial charge in [0.2, 0.25) is 0 Å². The van der Waals surface area contributed by atoms with Crippen molar-refractivity contribution in [1.82, 2.24) is 5.32 Å². The highest BCUT2D eigenvalue weighted by Gasteiger charge is 2.23. The molecule has 0 amide bonds. The van der Waals surface area contributed by atoms with Gasteiger partial charge in [0.15, 0.2) is 0 Å². The third kappa shape index (κ3) is 4.66. The Balaban J connectivity index is 1.79. The molecule has 0 saturated heterocycles. The molecule has 1 aliphatic carbocycles. The molecule has 0 spiro atoms. The number of unbranched alkanes of at least 4 members (excludes halogenated alkanes) is 1. The first kappa shape index (κ1) is 11.0. The SMILES string of the molecule is CC(C)CCCCNC1CC(C)C1. The standard InChI is InChI=1S/C12H25N/c1-10(2)6-4-5-7-13-12-8-11(3)9-12/h10-13H,4-9H2,1-3H3. The molecular weight excluding hydrogens is 158 g/mol. The summed E-state index contributed by atoms with van der Waals surface area (Å²) in [4.78, 5) is 0. The van der Waals surface area contributed by atoms with Gasteiger partial charge in [-0.3, -0.25) is 0 Å². The smallest absolute Gasteiger partial charge is 0.00721 e. The van der Waals surface area contributed by atoms with Crippen molar-refractivity contribution in [3.05, 3.63) is 0 Å². The first-order valence-electron chi connectivity index (χ1n) is 5.92. The fraction of sp³-hybridized carbons (Fsp3) is 1.00. The van der Waals surface area contributed by atoms with Crippen LogP contribution in [0.3, 0.4) is 0 Å². The lowest BCUT2D eigenvalue weighted by atomic mass is 9.82. The maximum absolute atomic E-state index is 3.62. The van der Waals surface area contributed by atoms with Gasteiger partial charge in [-0.05, 0) is 37.6 Å². The molecule has 1 aliphatic rings. The van der Waals surface area contributed by atoms with Crippen molar-refractivity contribution in [3.8, 4) is 0 Å². The van der Waals surface area contributed by atoms with Crippen molar-refractivity contribution >= 4 is 0 Å². The lowest BCUT2D eigenvalue weighted by Gasteiger charge is -2.33. The van der Waals surface area contributed by atoms with Crippen LogP contribution >= 0.6 is 0 Å². The molecule has 13 heavy (non-hydrogen) atoms. The largest absolute Gasteiger partial charge is 0.314 e. The molecule has 1 rings (SSSR count). The second-order valence-electron chi connectivity index (χ2n) is 5.12. The molecule has 78 valence electrons. The summed E-state index contributed by atoms with van der Waals surface area (Å²) in [6, 6.07) is 0.856. The van der Waals surface area contributed by atoms with Crippen LogP contribution in [0.25, 0.3) is 0 Å². The van der Waals surface area contributed by atoms with Gasteiger partial charge in [-0.15, -0.1) is 0 Å². The zero-order valence-electron chi connectivity index (χ0n) is 9.47. The molecule has 0 heterocycles. The van der Waals surface area contributed by atoms with Gasteiger partial charge in [-0.2, -0.15) is 0 Å². The van der Waals surface area contributed by atoms with E-state index in [2.05, 4.69) is 26.1 Å². The number of rotatable bonds is 6. The number of hydrogen-bond donors (Lipinski definition) is 1. The second-order valence-corrected chi connectivity index (χ2v) is 5.12. The third-order valence-corrected chi connectivity index (χ3v) is 3.02. The molecule has 1 heteroatoms. The molecule has 0 radical (unpaired) electrons. The van der Waals surface area contributed by atoms with E-state index in [0.29, 0.717) is 0 Å². The quantitative estimate of drug-likeness (QED) is 0.624. The molecule has 0 bridgehead atoms. The summed E-state index contributed by atoms with van der Waals surface area (Å²) >= 11 is 0. The number of nitrogens with one attached hydrogen (secondary N) is 1. The van der Waals surface area contributed by atoms with Crippen LogP contribution in [0.1, 0.15) is 52.9 Å². The van der Waals surface area contributed by atoms with E-state index in [4.69, 9.17) is 0 Å². The maximum atomic E-state index is 3.62. The van der Waals surface area contributed by atoms with Crippen LogP contribution in [-0.4, -0.2) is 12.6 Å². The molecule has 1 N–H and O–H groups in total.